The van der Waals surface area contributed by atoms with E-state index in [4.69, 9.17) is 28.4 Å². The molecule has 41 heavy (non-hydrogen) atoms. The highest BCUT2D eigenvalue weighted by molar-refractivity contribution is 6.09. The van der Waals surface area contributed by atoms with Crippen molar-refractivity contribution < 1.29 is 43.7 Å². The Morgan fingerprint density at radius 3 is 2.17 bits per heavy atom. The second-order valence-electron chi connectivity index (χ2n) is 11.0. The first-order valence-electron chi connectivity index (χ1n) is 13.8. The fraction of sp³-hybridized carbons (Fsp3) is 0.438. The zero-order valence-electron chi connectivity index (χ0n) is 24.2. The molecule has 3 aromatic rings. The number of aliphatic hydroxyl groups excluding tert-OH is 2. The summed E-state index contributed by atoms with van der Waals surface area (Å²) in [5.41, 5.74) is 4.66. The lowest BCUT2D eigenvalue weighted by molar-refractivity contribution is -0.0527. The van der Waals surface area contributed by atoms with Crippen molar-refractivity contribution in [3.05, 3.63) is 46.0 Å². The first-order chi connectivity index (χ1) is 19.7. The molecule has 9 nitrogen and oxygen atoms in total. The lowest BCUT2D eigenvalue weighted by Gasteiger charge is -2.37. The summed E-state index contributed by atoms with van der Waals surface area (Å²) < 4.78 is 34.9. The van der Waals surface area contributed by atoms with Gasteiger partial charge in [0.1, 0.15) is 40.6 Å². The number of phenolic OH excluding ortho intramolecular Hbond substituents is 1. The Morgan fingerprint density at radius 2 is 1.49 bits per heavy atom. The van der Waals surface area contributed by atoms with Crippen molar-refractivity contribution >= 4 is 16.5 Å². The molecule has 1 saturated heterocycles. The Bertz CT molecular complexity index is 1570. The van der Waals surface area contributed by atoms with Gasteiger partial charge < -0.3 is 43.7 Å². The van der Waals surface area contributed by atoms with Crippen molar-refractivity contribution in [1.82, 2.24) is 0 Å². The van der Waals surface area contributed by atoms with Gasteiger partial charge in [0.05, 0.1) is 64.8 Å². The summed E-state index contributed by atoms with van der Waals surface area (Å²) in [5.74, 6) is 2.11. The monoisotopic (exact) mass is 564 g/mol. The Kier molecular flexibility index (Phi) is 6.92. The molecular weight excluding hydrogens is 528 g/mol. The quantitative estimate of drug-likeness (QED) is 0.372. The van der Waals surface area contributed by atoms with Crippen LogP contribution in [-0.4, -0.2) is 62.6 Å². The Labute approximate surface area is 238 Å². The van der Waals surface area contributed by atoms with Gasteiger partial charge in [0.25, 0.3) is 0 Å². The molecule has 0 saturated carbocycles. The van der Waals surface area contributed by atoms with Gasteiger partial charge in [-0.25, -0.2) is 0 Å². The molecule has 3 aromatic carbocycles. The van der Waals surface area contributed by atoms with Gasteiger partial charge in [-0.15, -0.1) is 0 Å². The number of ether oxygens (including phenoxy) is 6. The Balaban J connectivity index is 1.81. The molecule has 2 aliphatic heterocycles. The van der Waals surface area contributed by atoms with Gasteiger partial charge in [0, 0.05) is 45.3 Å². The molecule has 6 rings (SSSR count). The van der Waals surface area contributed by atoms with E-state index in [2.05, 4.69) is 0 Å². The maximum Gasteiger partial charge on any atom is 0.134 e. The summed E-state index contributed by atoms with van der Waals surface area (Å²) in [5, 5.41) is 36.0. The number of benzene rings is 3. The summed E-state index contributed by atoms with van der Waals surface area (Å²) >= 11 is 0. The summed E-state index contributed by atoms with van der Waals surface area (Å²) in [6.45, 7) is 4.29. The number of methoxy groups -OCH3 is 4. The SMILES string of the molecule is COc1cc(OC)c2c(O)c3c(c(-c4c(OC)cc(OC)c5c4CC4CC(C)OCC4=C5O)c2c1)C(O)C(C)OC3. The Morgan fingerprint density at radius 1 is 0.780 bits per heavy atom. The van der Waals surface area contributed by atoms with E-state index < -0.39 is 12.2 Å². The van der Waals surface area contributed by atoms with E-state index >= 15 is 0 Å². The Hall–Kier alpha value is -3.66. The standard InChI is InChI=1S/C32H36O9/c1-14-7-16-8-18-25(23(38-5)11-24(39-6)26(18)31(34)20(16)12-40-14)28-19-9-17(36-3)10-22(37-4)27(19)32(35)21-13-41-15(2)30(33)29(21)28/h9-11,14-16,30,33-35H,7-8,12-13H2,1-6H3. The minimum absolute atomic E-state index is 0.0196. The van der Waals surface area contributed by atoms with Crippen LogP contribution in [0.15, 0.2) is 23.8 Å². The van der Waals surface area contributed by atoms with E-state index in [0.29, 0.717) is 74.6 Å². The molecule has 1 fully saturated rings. The van der Waals surface area contributed by atoms with Crippen LogP contribution in [0.3, 0.4) is 0 Å². The smallest absolute Gasteiger partial charge is 0.134 e. The predicted octanol–water partition coefficient (Wildman–Crippen LogP) is 5.45. The van der Waals surface area contributed by atoms with E-state index in [9.17, 15) is 15.3 Å². The second-order valence-corrected chi connectivity index (χ2v) is 11.0. The molecule has 4 atom stereocenters. The van der Waals surface area contributed by atoms with Gasteiger partial charge in [-0.1, -0.05) is 0 Å². The number of rotatable bonds is 5. The molecule has 3 aliphatic rings. The van der Waals surface area contributed by atoms with Gasteiger partial charge in [0.2, 0.25) is 0 Å². The number of phenols is 1. The maximum atomic E-state index is 11.7. The summed E-state index contributed by atoms with van der Waals surface area (Å²) in [6, 6.07) is 5.30. The van der Waals surface area contributed by atoms with Crippen molar-refractivity contribution in [2.45, 2.75) is 51.6 Å². The summed E-state index contributed by atoms with van der Waals surface area (Å²) in [7, 11) is 6.25. The minimum Gasteiger partial charge on any atom is -0.507 e. The minimum atomic E-state index is -1.05. The summed E-state index contributed by atoms with van der Waals surface area (Å²) in [4.78, 5) is 0. The normalized spacial score (nSPS) is 23.5. The number of aromatic hydroxyl groups is 1. The van der Waals surface area contributed by atoms with Gasteiger partial charge in [-0.05, 0) is 44.2 Å². The largest absolute Gasteiger partial charge is 0.507 e. The third-order valence-corrected chi connectivity index (χ3v) is 8.82. The van der Waals surface area contributed by atoms with Crippen LogP contribution in [0.25, 0.3) is 27.7 Å². The van der Waals surface area contributed by atoms with Crippen molar-refractivity contribution in [3.8, 4) is 39.9 Å². The van der Waals surface area contributed by atoms with E-state index in [1.807, 2.05) is 13.0 Å². The van der Waals surface area contributed by atoms with Crippen LogP contribution in [-0.2, 0) is 22.5 Å². The summed E-state index contributed by atoms with van der Waals surface area (Å²) in [6.07, 6.45) is -0.172. The lowest BCUT2D eigenvalue weighted by atomic mass is 9.74. The first-order valence-corrected chi connectivity index (χ1v) is 13.8. The predicted molar refractivity (Wildman–Crippen MR) is 153 cm³/mol. The first kappa shape index (κ1) is 27.5. The molecule has 2 heterocycles. The van der Waals surface area contributed by atoms with Crippen LogP contribution in [0.2, 0.25) is 0 Å². The van der Waals surface area contributed by atoms with E-state index in [0.717, 1.165) is 17.6 Å². The molecule has 218 valence electrons. The highest BCUT2D eigenvalue weighted by Gasteiger charge is 2.40. The van der Waals surface area contributed by atoms with E-state index in [-0.39, 0.29) is 30.1 Å². The highest BCUT2D eigenvalue weighted by Crippen LogP contribution is 2.56. The number of hydrogen-bond donors (Lipinski definition) is 3. The molecular formula is C32H36O9. The van der Waals surface area contributed by atoms with Crippen LogP contribution in [0, 0.1) is 5.92 Å². The molecule has 3 N–H and O–H groups in total. The van der Waals surface area contributed by atoms with E-state index in [1.54, 1.807) is 40.4 Å². The molecule has 0 radical (unpaired) electrons. The number of aliphatic hydroxyl groups is 2. The molecule has 9 heteroatoms. The molecule has 0 spiro atoms. The van der Waals surface area contributed by atoms with Crippen LogP contribution < -0.4 is 18.9 Å². The van der Waals surface area contributed by atoms with E-state index in [1.165, 1.54) is 7.11 Å². The number of fused-ring (bicyclic) bond motifs is 4. The zero-order chi connectivity index (χ0) is 29.2. The average Bonchev–Trinajstić information content (AvgIpc) is 2.98. The van der Waals surface area contributed by atoms with Gasteiger partial charge in [-0.2, -0.15) is 0 Å². The van der Waals surface area contributed by atoms with Gasteiger partial charge in [0.15, 0.2) is 0 Å². The average molecular weight is 565 g/mol. The van der Waals surface area contributed by atoms with Crippen molar-refractivity contribution in [1.29, 1.82) is 0 Å². The highest BCUT2D eigenvalue weighted by atomic mass is 16.5. The topological polar surface area (TPSA) is 116 Å². The van der Waals surface area contributed by atoms with Crippen molar-refractivity contribution in [2.75, 3.05) is 35.0 Å². The van der Waals surface area contributed by atoms with Crippen LogP contribution in [0.4, 0.5) is 0 Å². The van der Waals surface area contributed by atoms with Crippen molar-refractivity contribution in [2.24, 2.45) is 5.92 Å². The molecule has 4 unspecified atom stereocenters. The fourth-order valence-electron chi connectivity index (χ4n) is 6.75. The number of hydrogen-bond acceptors (Lipinski definition) is 9. The zero-order valence-corrected chi connectivity index (χ0v) is 24.2. The second kappa shape index (κ2) is 10.3. The third kappa shape index (κ3) is 4.09. The molecule has 0 aromatic heterocycles. The van der Waals surface area contributed by atoms with Gasteiger partial charge >= 0.3 is 0 Å². The molecule has 0 bridgehead atoms. The van der Waals surface area contributed by atoms with Crippen LogP contribution >= 0.6 is 0 Å². The third-order valence-electron chi connectivity index (χ3n) is 8.82. The van der Waals surface area contributed by atoms with Crippen LogP contribution in [0.1, 0.15) is 48.6 Å². The van der Waals surface area contributed by atoms with Gasteiger partial charge in [-0.3, -0.25) is 0 Å². The maximum absolute atomic E-state index is 11.7. The van der Waals surface area contributed by atoms with Crippen molar-refractivity contribution in [3.63, 3.8) is 0 Å². The lowest BCUT2D eigenvalue weighted by Crippen LogP contribution is -2.31. The van der Waals surface area contributed by atoms with Crippen LogP contribution in [0.5, 0.6) is 28.7 Å². The molecule has 1 aliphatic carbocycles. The molecule has 0 amide bonds. The fourth-order valence-corrected chi connectivity index (χ4v) is 6.75.